The number of halogens is 1. The van der Waals surface area contributed by atoms with Gasteiger partial charge in [-0.15, -0.1) is 0 Å². The second kappa shape index (κ2) is 11.6. The van der Waals surface area contributed by atoms with Gasteiger partial charge in [0, 0.05) is 4.47 Å². The van der Waals surface area contributed by atoms with Crippen molar-refractivity contribution in [2.75, 3.05) is 0 Å². The van der Waals surface area contributed by atoms with Crippen LogP contribution in [0.15, 0.2) is 29.3 Å². The molecule has 28 heavy (non-hydrogen) atoms. The molecule has 1 unspecified atom stereocenters. The van der Waals surface area contributed by atoms with Crippen molar-refractivity contribution < 1.29 is 4.74 Å². The molecule has 1 aromatic carbocycles. The number of rotatable bonds is 12. The number of ether oxygens (including phenoxy) is 1. The van der Waals surface area contributed by atoms with Crippen molar-refractivity contribution in [2.24, 2.45) is 10.8 Å². The summed E-state index contributed by atoms with van der Waals surface area (Å²) in [6.07, 6.45) is 9.34. The van der Waals surface area contributed by atoms with Crippen LogP contribution in [0.3, 0.4) is 0 Å². The van der Waals surface area contributed by atoms with Crippen LogP contribution in [0.25, 0.3) is 5.57 Å². The van der Waals surface area contributed by atoms with Crippen LogP contribution in [0.4, 0.5) is 0 Å². The quantitative estimate of drug-likeness (QED) is 0.288. The maximum atomic E-state index is 6.62. The monoisotopic (exact) mass is 450 g/mol. The van der Waals surface area contributed by atoms with Gasteiger partial charge in [0.25, 0.3) is 0 Å². The number of hydrogen-bond donors (Lipinski definition) is 0. The van der Waals surface area contributed by atoms with Gasteiger partial charge >= 0.3 is 0 Å². The fourth-order valence-corrected chi connectivity index (χ4v) is 3.87. The van der Waals surface area contributed by atoms with Gasteiger partial charge in [0.2, 0.25) is 0 Å². The van der Waals surface area contributed by atoms with E-state index in [1.807, 2.05) is 0 Å². The molecule has 1 atom stereocenters. The van der Waals surface area contributed by atoms with E-state index in [4.69, 9.17) is 4.74 Å². The number of benzene rings is 1. The van der Waals surface area contributed by atoms with E-state index in [1.165, 1.54) is 49.7 Å². The van der Waals surface area contributed by atoms with Crippen LogP contribution < -0.4 is 0 Å². The van der Waals surface area contributed by atoms with Crippen LogP contribution in [0.5, 0.6) is 0 Å². The lowest BCUT2D eigenvalue weighted by molar-refractivity contribution is -0.0879. The minimum absolute atomic E-state index is 0.106. The largest absolute Gasteiger partial charge is 0.373 e. The molecule has 1 nitrogen and oxygen atoms in total. The van der Waals surface area contributed by atoms with E-state index in [0.29, 0.717) is 6.61 Å². The molecule has 0 amide bonds. The van der Waals surface area contributed by atoms with Gasteiger partial charge in [0.15, 0.2) is 0 Å². The average Bonchev–Trinajstić information content (AvgIpc) is 2.60. The fraction of sp³-hybridized carbons (Fsp3) is 0.692. The molecule has 2 heteroatoms. The van der Waals surface area contributed by atoms with E-state index in [2.05, 4.69) is 89.2 Å². The highest BCUT2D eigenvalue weighted by Crippen LogP contribution is 2.44. The lowest BCUT2D eigenvalue weighted by Gasteiger charge is -2.45. The molecule has 0 spiro atoms. The second-order valence-electron chi connectivity index (χ2n) is 9.91. The molecule has 1 aromatic rings. The van der Waals surface area contributed by atoms with Crippen LogP contribution >= 0.6 is 15.9 Å². The molecule has 160 valence electrons. The molecule has 0 aromatic heterocycles. The van der Waals surface area contributed by atoms with E-state index in [1.54, 1.807) is 0 Å². The SMILES string of the molecule is C=C(C)c1cc(Br)ccc1COC(CCCCCCCC)C(C)(C)C(C)(C)C. The molecule has 0 aliphatic heterocycles. The third-order valence-corrected chi connectivity index (χ3v) is 7.02. The zero-order chi connectivity index (χ0) is 21.4. The molecule has 0 heterocycles. The zero-order valence-corrected chi connectivity index (χ0v) is 21.0. The van der Waals surface area contributed by atoms with Crippen LogP contribution in [-0.4, -0.2) is 6.10 Å². The molecule has 0 radical (unpaired) electrons. The predicted molar refractivity (Wildman–Crippen MR) is 129 cm³/mol. The molecule has 0 saturated heterocycles. The third kappa shape index (κ3) is 7.67. The minimum Gasteiger partial charge on any atom is -0.373 e. The molecule has 0 bridgehead atoms. The Morgan fingerprint density at radius 1 is 1.04 bits per heavy atom. The summed E-state index contributed by atoms with van der Waals surface area (Å²) >= 11 is 3.58. The Kier molecular flexibility index (Phi) is 10.5. The summed E-state index contributed by atoms with van der Waals surface area (Å²) in [5, 5.41) is 0. The predicted octanol–water partition coefficient (Wildman–Crippen LogP) is 9.19. The van der Waals surface area contributed by atoms with Gasteiger partial charge in [-0.1, -0.05) is 114 Å². The summed E-state index contributed by atoms with van der Waals surface area (Å²) in [5.74, 6) is 0. The van der Waals surface area contributed by atoms with E-state index in [9.17, 15) is 0 Å². The van der Waals surface area contributed by atoms with Gasteiger partial charge in [-0.25, -0.2) is 0 Å². The summed E-state index contributed by atoms with van der Waals surface area (Å²) in [4.78, 5) is 0. The first-order chi connectivity index (χ1) is 13.0. The van der Waals surface area contributed by atoms with E-state index in [-0.39, 0.29) is 16.9 Å². The standard InChI is InChI=1S/C26H43BrO/c1-9-10-11-12-13-14-15-24(26(7,8)25(4,5)6)28-19-21-16-17-22(27)18-23(21)20(2)3/h16-18,24H,2,9-15,19H2,1,3-8H3. The van der Waals surface area contributed by atoms with E-state index >= 15 is 0 Å². The number of allylic oxidation sites excluding steroid dienone is 1. The molecule has 0 N–H and O–H groups in total. The molecule has 0 aliphatic rings. The van der Waals surface area contributed by atoms with Crippen LogP contribution in [-0.2, 0) is 11.3 Å². The highest BCUT2D eigenvalue weighted by Gasteiger charge is 2.40. The summed E-state index contributed by atoms with van der Waals surface area (Å²) in [6.45, 7) is 20.9. The molecular weight excluding hydrogens is 408 g/mol. The fourth-order valence-electron chi connectivity index (χ4n) is 3.51. The molecule has 1 rings (SSSR count). The summed E-state index contributed by atoms with van der Waals surface area (Å²) in [6, 6.07) is 6.42. The lowest BCUT2D eigenvalue weighted by atomic mass is 9.65. The van der Waals surface area contributed by atoms with Gasteiger partial charge in [-0.05, 0) is 47.4 Å². The molecule has 0 fully saturated rings. The minimum atomic E-state index is 0.106. The average molecular weight is 452 g/mol. The molecule has 0 aliphatic carbocycles. The van der Waals surface area contributed by atoms with E-state index in [0.717, 1.165) is 16.5 Å². The van der Waals surface area contributed by atoms with Crippen molar-refractivity contribution >= 4 is 21.5 Å². The van der Waals surface area contributed by atoms with Crippen LogP contribution in [0, 0.1) is 10.8 Å². The van der Waals surface area contributed by atoms with Crippen LogP contribution in [0.2, 0.25) is 0 Å². The van der Waals surface area contributed by atoms with Gasteiger partial charge in [-0.2, -0.15) is 0 Å². The van der Waals surface area contributed by atoms with Gasteiger partial charge in [-0.3, -0.25) is 0 Å². The van der Waals surface area contributed by atoms with Crippen molar-refractivity contribution in [3.05, 3.63) is 40.4 Å². The van der Waals surface area contributed by atoms with E-state index < -0.39 is 0 Å². The first kappa shape index (κ1) is 25.4. The van der Waals surface area contributed by atoms with Gasteiger partial charge in [0.1, 0.15) is 0 Å². The third-order valence-electron chi connectivity index (χ3n) is 6.53. The van der Waals surface area contributed by atoms with Gasteiger partial charge in [0.05, 0.1) is 12.7 Å². The molecular formula is C26H43BrO. The summed E-state index contributed by atoms with van der Waals surface area (Å²) in [7, 11) is 0. The van der Waals surface area contributed by atoms with Gasteiger partial charge < -0.3 is 4.74 Å². The van der Waals surface area contributed by atoms with Crippen LogP contribution in [0.1, 0.15) is 105 Å². The van der Waals surface area contributed by atoms with Crippen molar-refractivity contribution in [2.45, 2.75) is 106 Å². The maximum absolute atomic E-state index is 6.62. The van der Waals surface area contributed by atoms with Crippen molar-refractivity contribution in [1.82, 2.24) is 0 Å². The highest BCUT2D eigenvalue weighted by molar-refractivity contribution is 9.10. The van der Waals surface area contributed by atoms with Crippen molar-refractivity contribution in [3.63, 3.8) is 0 Å². The summed E-state index contributed by atoms with van der Waals surface area (Å²) < 4.78 is 7.71. The normalized spacial score (nSPS) is 13.6. The Balaban J connectivity index is 2.84. The Bertz CT molecular complexity index is 609. The topological polar surface area (TPSA) is 9.23 Å². The Morgan fingerprint density at radius 2 is 1.64 bits per heavy atom. The zero-order valence-electron chi connectivity index (χ0n) is 19.5. The number of unbranched alkanes of at least 4 members (excludes halogenated alkanes) is 5. The summed E-state index contributed by atoms with van der Waals surface area (Å²) in [5.41, 5.74) is 3.81. The lowest BCUT2D eigenvalue weighted by Crippen LogP contribution is -2.42. The second-order valence-corrected chi connectivity index (χ2v) is 10.8. The Labute approximate surface area is 183 Å². The number of hydrogen-bond acceptors (Lipinski definition) is 1. The maximum Gasteiger partial charge on any atom is 0.0726 e. The highest BCUT2D eigenvalue weighted by atomic mass is 79.9. The first-order valence-corrected chi connectivity index (χ1v) is 11.9. The molecule has 0 saturated carbocycles. The smallest absolute Gasteiger partial charge is 0.0726 e. The Morgan fingerprint density at radius 3 is 2.21 bits per heavy atom. The van der Waals surface area contributed by atoms with Crippen molar-refractivity contribution in [3.8, 4) is 0 Å². The first-order valence-electron chi connectivity index (χ1n) is 11.1. The van der Waals surface area contributed by atoms with Crippen molar-refractivity contribution in [1.29, 1.82) is 0 Å². The Hall–Kier alpha value is -0.600.